The predicted molar refractivity (Wildman–Crippen MR) is 59.2 cm³/mol. The molecule has 0 unspecified atom stereocenters. The minimum atomic E-state index is -3.61. The van der Waals surface area contributed by atoms with Gasteiger partial charge in [-0.3, -0.25) is 9.48 Å². The van der Waals surface area contributed by atoms with Crippen molar-refractivity contribution < 1.29 is 23.4 Å². The molecule has 1 fully saturated rings. The molecule has 0 spiro atoms. The summed E-state index contributed by atoms with van der Waals surface area (Å²) in [5.41, 5.74) is 0. The summed E-state index contributed by atoms with van der Waals surface area (Å²) in [5, 5.41) is 21.1. The molecule has 8 nitrogen and oxygen atoms in total. The van der Waals surface area contributed by atoms with Gasteiger partial charge in [-0.25, -0.2) is 8.42 Å². The molecule has 0 saturated carbocycles. The first-order valence-corrected chi connectivity index (χ1v) is 6.72. The largest absolute Gasteiger partial charge is 0.480 e. The molecule has 0 atom stereocenters. The fourth-order valence-electron chi connectivity index (χ4n) is 1.69. The van der Waals surface area contributed by atoms with Crippen molar-refractivity contribution in [1.82, 2.24) is 14.1 Å². The second-order valence-corrected chi connectivity index (χ2v) is 6.08. The summed E-state index contributed by atoms with van der Waals surface area (Å²) in [5.74, 6) is -1.11. The molecule has 1 aliphatic rings. The third-order valence-electron chi connectivity index (χ3n) is 2.73. The van der Waals surface area contributed by atoms with E-state index in [1.54, 1.807) is 0 Å². The molecule has 2 rings (SSSR count). The van der Waals surface area contributed by atoms with Crippen molar-refractivity contribution in [3.8, 4) is 0 Å². The van der Waals surface area contributed by atoms with Crippen molar-refractivity contribution in [3.05, 3.63) is 12.4 Å². The van der Waals surface area contributed by atoms with E-state index in [4.69, 9.17) is 10.2 Å². The number of aliphatic hydroxyl groups is 1. The minimum Gasteiger partial charge on any atom is -0.480 e. The van der Waals surface area contributed by atoms with Crippen LogP contribution in [0.1, 0.15) is 0 Å². The number of hydrogen-bond acceptors (Lipinski definition) is 5. The monoisotopic (exact) mass is 275 g/mol. The summed E-state index contributed by atoms with van der Waals surface area (Å²) in [6.07, 6.45) is 2.32. The van der Waals surface area contributed by atoms with Crippen LogP contribution in [0.2, 0.25) is 0 Å². The predicted octanol–water partition coefficient (Wildman–Crippen LogP) is -1.42. The lowest BCUT2D eigenvalue weighted by molar-refractivity contribution is -0.137. The second kappa shape index (κ2) is 4.67. The highest BCUT2D eigenvalue weighted by Crippen LogP contribution is 2.24. The molecule has 2 N–H and O–H groups in total. The number of aliphatic hydroxyl groups excluding tert-OH is 1. The summed E-state index contributed by atoms with van der Waals surface area (Å²) in [7, 11) is -3.61. The third-order valence-corrected chi connectivity index (χ3v) is 4.51. The van der Waals surface area contributed by atoms with E-state index in [-0.39, 0.29) is 37.1 Å². The molecule has 0 amide bonds. The Kier molecular flexibility index (Phi) is 3.37. The lowest BCUT2D eigenvalue weighted by atomic mass is 10.1. The molecular formula is C9H13N3O5S. The number of carbonyl (C=O) groups is 1. The van der Waals surface area contributed by atoms with Gasteiger partial charge in [-0.1, -0.05) is 0 Å². The van der Waals surface area contributed by atoms with Gasteiger partial charge in [0.1, 0.15) is 11.4 Å². The summed E-state index contributed by atoms with van der Waals surface area (Å²) in [6, 6.07) is 0. The van der Waals surface area contributed by atoms with Gasteiger partial charge in [0, 0.05) is 31.8 Å². The highest BCUT2D eigenvalue weighted by Gasteiger charge is 2.36. The van der Waals surface area contributed by atoms with Crippen molar-refractivity contribution in [3.63, 3.8) is 0 Å². The van der Waals surface area contributed by atoms with E-state index in [2.05, 4.69) is 5.10 Å². The van der Waals surface area contributed by atoms with Crippen LogP contribution in [0.25, 0.3) is 0 Å². The number of carboxylic acid groups (broad SMARTS) is 1. The Hall–Kier alpha value is -1.45. The Morgan fingerprint density at radius 2 is 2.17 bits per heavy atom. The fraction of sp³-hybridized carbons (Fsp3) is 0.556. The first-order chi connectivity index (χ1) is 8.43. The topological polar surface area (TPSA) is 113 Å². The van der Waals surface area contributed by atoms with Gasteiger partial charge in [0.2, 0.25) is 10.0 Å². The molecule has 0 aromatic carbocycles. The number of aromatic nitrogens is 2. The first-order valence-electron chi connectivity index (χ1n) is 5.28. The van der Waals surface area contributed by atoms with Gasteiger partial charge < -0.3 is 10.2 Å². The molecule has 1 aromatic rings. The zero-order chi connectivity index (χ0) is 13.3. The van der Waals surface area contributed by atoms with E-state index < -0.39 is 16.0 Å². The smallest absolute Gasteiger partial charge is 0.325 e. The van der Waals surface area contributed by atoms with Crippen LogP contribution in [0, 0.1) is 5.92 Å². The van der Waals surface area contributed by atoms with E-state index >= 15 is 0 Å². The molecule has 2 heterocycles. The Morgan fingerprint density at radius 3 is 2.72 bits per heavy atom. The third kappa shape index (κ3) is 2.37. The van der Waals surface area contributed by atoms with Crippen molar-refractivity contribution in [2.75, 3.05) is 19.7 Å². The standard InChI is InChI=1S/C9H13N3O5S/c13-6-7-2-12(3-7)18(16,17)8-1-10-11(4-8)5-9(14)15/h1,4,7,13H,2-3,5-6H2,(H,14,15). The van der Waals surface area contributed by atoms with Gasteiger partial charge in [0.15, 0.2) is 0 Å². The van der Waals surface area contributed by atoms with Crippen LogP contribution in [0.4, 0.5) is 0 Å². The van der Waals surface area contributed by atoms with Crippen LogP contribution < -0.4 is 0 Å². The SMILES string of the molecule is O=C(O)Cn1cc(S(=O)(=O)N2CC(CO)C2)cn1. The zero-order valence-corrected chi connectivity index (χ0v) is 10.2. The van der Waals surface area contributed by atoms with Crippen molar-refractivity contribution in [2.24, 2.45) is 5.92 Å². The molecule has 100 valence electrons. The quantitative estimate of drug-likeness (QED) is 0.682. The van der Waals surface area contributed by atoms with Crippen LogP contribution >= 0.6 is 0 Å². The second-order valence-electron chi connectivity index (χ2n) is 4.14. The van der Waals surface area contributed by atoms with Crippen LogP contribution in [-0.2, 0) is 21.4 Å². The highest BCUT2D eigenvalue weighted by molar-refractivity contribution is 7.89. The van der Waals surface area contributed by atoms with Gasteiger partial charge in [0.05, 0.1) is 6.20 Å². The maximum Gasteiger partial charge on any atom is 0.325 e. The Balaban J connectivity index is 2.11. The van der Waals surface area contributed by atoms with Crippen molar-refractivity contribution >= 4 is 16.0 Å². The van der Waals surface area contributed by atoms with Crippen molar-refractivity contribution in [2.45, 2.75) is 11.4 Å². The number of aliphatic carboxylic acids is 1. The molecule has 1 saturated heterocycles. The summed E-state index contributed by atoms with van der Waals surface area (Å²) < 4.78 is 26.3. The number of rotatable bonds is 5. The molecule has 1 aromatic heterocycles. The average molecular weight is 275 g/mol. The van der Waals surface area contributed by atoms with Gasteiger partial charge in [-0.05, 0) is 0 Å². The number of sulfonamides is 1. The lowest BCUT2D eigenvalue weighted by Crippen LogP contribution is -2.51. The lowest BCUT2D eigenvalue weighted by Gasteiger charge is -2.36. The number of nitrogens with zero attached hydrogens (tertiary/aromatic N) is 3. The Labute approximate surface area is 103 Å². The normalized spacial score (nSPS) is 17.6. The van der Waals surface area contributed by atoms with E-state index in [0.717, 1.165) is 10.9 Å². The number of hydrogen-bond donors (Lipinski definition) is 2. The summed E-state index contributed by atoms with van der Waals surface area (Å²) in [4.78, 5) is 10.4. The zero-order valence-electron chi connectivity index (χ0n) is 9.43. The molecule has 0 aliphatic carbocycles. The van der Waals surface area contributed by atoms with Crippen LogP contribution in [0.3, 0.4) is 0 Å². The average Bonchev–Trinajstić information content (AvgIpc) is 2.63. The Bertz CT molecular complexity index is 546. The maximum atomic E-state index is 12.0. The van der Waals surface area contributed by atoms with E-state index in [9.17, 15) is 13.2 Å². The van der Waals surface area contributed by atoms with E-state index in [1.807, 2.05) is 0 Å². The molecule has 0 radical (unpaired) electrons. The summed E-state index contributed by atoms with van der Waals surface area (Å²) >= 11 is 0. The molecule has 18 heavy (non-hydrogen) atoms. The first kappa shape index (κ1) is 13.0. The highest BCUT2D eigenvalue weighted by atomic mass is 32.2. The van der Waals surface area contributed by atoms with Crippen LogP contribution in [0.5, 0.6) is 0 Å². The van der Waals surface area contributed by atoms with Gasteiger partial charge >= 0.3 is 5.97 Å². The number of carboxylic acids is 1. The molecular weight excluding hydrogens is 262 g/mol. The van der Waals surface area contributed by atoms with E-state index in [0.29, 0.717) is 0 Å². The van der Waals surface area contributed by atoms with Gasteiger partial charge in [0.25, 0.3) is 0 Å². The molecule has 1 aliphatic heterocycles. The van der Waals surface area contributed by atoms with Gasteiger partial charge in [-0.2, -0.15) is 9.40 Å². The van der Waals surface area contributed by atoms with Crippen molar-refractivity contribution in [1.29, 1.82) is 0 Å². The van der Waals surface area contributed by atoms with Crippen LogP contribution in [-0.4, -0.2) is 58.4 Å². The molecule has 0 bridgehead atoms. The molecule has 9 heteroatoms. The maximum absolute atomic E-state index is 12.0. The van der Waals surface area contributed by atoms with Gasteiger partial charge in [-0.15, -0.1) is 0 Å². The van der Waals surface area contributed by atoms with E-state index in [1.165, 1.54) is 10.5 Å². The summed E-state index contributed by atoms with van der Waals surface area (Å²) in [6.45, 7) is 0.144. The Morgan fingerprint density at radius 1 is 1.50 bits per heavy atom. The van der Waals surface area contributed by atoms with Crippen LogP contribution in [0.15, 0.2) is 17.3 Å². The fourth-order valence-corrected chi connectivity index (χ4v) is 3.23. The minimum absolute atomic E-state index is 0.0196.